The van der Waals surface area contributed by atoms with E-state index < -0.39 is 0 Å². The monoisotopic (exact) mass is 329 g/mol. The van der Waals surface area contributed by atoms with E-state index in [0.717, 1.165) is 5.75 Å². The summed E-state index contributed by atoms with van der Waals surface area (Å²) in [5.74, 6) is 1.02. The smallest absolute Gasteiger partial charge is 0.119 e. The molecule has 0 amide bonds. The van der Waals surface area contributed by atoms with Crippen LogP contribution in [0.5, 0.6) is 5.75 Å². The summed E-state index contributed by atoms with van der Waals surface area (Å²) in [6.07, 6.45) is 5.41. The molecule has 86 valence electrons. The molecular weight excluding hydrogens is 313 g/mol. The van der Waals surface area contributed by atoms with Gasteiger partial charge in [-0.15, -0.1) is 0 Å². The van der Waals surface area contributed by atoms with Gasteiger partial charge in [0.2, 0.25) is 0 Å². The van der Waals surface area contributed by atoms with Crippen LogP contribution in [0.3, 0.4) is 0 Å². The summed E-state index contributed by atoms with van der Waals surface area (Å²) in [5, 5.41) is 3.63. The van der Waals surface area contributed by atoms with Crippen molar-refractivity contribution in [3.8, 4) is 5.75 Å². The first-order chi connectivity index (χ1) is 7.79. The van der Waals surface area contributed by atoms with Crippen LogP contribution in [0.25, 0.3) is 0 Å². The minimum atomic E-state index is 0.416. The first-order valence-corrected chi connectivity index (χ1v) is 7.06. The number of halogens is 1. The highest BCUT2D eigenvalue weighted by atomic mass is 127. The van der Waals surface area contributed by atoms with Crippen molar-refractivity contribution in [2.75, 3.05) is 0 Å². The number of rotatable bonds is 2. The molecule has 2 saturated heterocycles. The van der Waals surface area contributed by atoms with Crippen molar-refractivity contribution in [1.29, 1.82) is 0 Å². The number of hydrogen-bond donors (Lipinski definition) is 1. The van der Waals surface area contributed by atoms with E-state index in [1.165, 1.54) is 29.3 Å². The second-order valence-electron chi connectivity index (χ2n) is 4.80. The maximum absolute atomic E-state index is 6.05. The van der Waals surface area contributed by atoms with E-state index in [1.807, 2.05) is 0 Å². The van der Waals surface area contributed by atoms with Gasteiger partial charge in [0.1, 0.15) is 11.9 Å². The molecule has 0 aromatic heterocycles. The van der Waals surface area contributed by atoms with Crippen molar-refractivity contribution in [3.05, 3.63) is 27.8 Å². The topological polar surface area (TPSA) is 21.3 Å². The van der Waals surface area contributed by atoms with Crippen molar-refractivity contribution in [1.82, 2.24) is 5.32 Å². The van der Waals surface area contributed by atoms with Crippen LogP contribution in [0.15, 0.2) is 24.3 Å². The minimum Gasteiger partial charge on any atom is -0.490 e. The maximum Gasteiger partial charge on any atom is 0.119 e. The Bertz CT molecular complexity index is 353. The first-order valence-electron chi connectivity index (χ1n) is 5.98. The molecule has 2 bridgehead atoms. The Morgan fingerprint density at radius 3 is 2.31 bits per heavy atom. The van der Waals surface area contributed by atoms with Gasteiger partial charge in [0, 0.05) is 15.7 Å². The van der Waals surface area contributed by atoms with Gasteiger partial charge in [-0.1, -0.05) is 0 Å². The highest BCUT2D eigenvalue weighted by molar-refractivity contribution is 14.1. The minimum absolute atomic E-state index is 0.416. The van der Waals surface area contributed by atoms with Crippen LogP contribution in [-0.4, -0.2) is 18.2 Å². The molecule has 3 rings (SSSR count). The summed E-state index contributed by atoms with van der Waals surface area (Å²) in [4.78, 5) is 0. The zero-order valence-electron chi connectivity index (χ0n) is 9.16. The Morgan fingerprint density at radius 1 is 1.06 bits per heavy atom. The van der Waals surface area contributed by atoms with Crippen LogP contribution >= 0.6 is 22.6 Å². The van der Waals surface area contributed by atoms with Gasteiger partial charge in [0.05, 0.1) is 0 Å². The van der Waals surface area contributed by atoms with E-state index in [1.54, 1.807) is 0 Å². The lowest BCUT2D eigenvalue weighted by atomic mass is 10.0. The van der Waals surface area contributed by atoms with Crippen LogP contribution in [0.4, 0.5) is 0 Å². The van der Waals surface area contributed by atoms with Crippen LogP contribution in [0.1, 0.15) is 25.7 Å². The van der Waals surface area contributed by atoms with Gasteiger partial charge in [-0.05, 0) is 72.5 Å². The fraction of sp³-hybridized carbons (Fsp3) is 0.538. The van der Waals surface area contributed by atoms with Crippen LogP contribution < -0.4 is 10.1 Å². The average molecular weight is 329 g/mol. The van der Waals surface area contributed by atoms with Crippen molar-refractivity contribution >= 4 is 22.6 Å². The Morgan fingerprint density at radius 2 is 1.69 bits per heavy atom. The molecule has 2 aliphatic rings. The van der Waals surface area contributed by atoms with Gasteiger partial charge in [-0.25, -0.2) is 0 Å². The van der Waals surface area contributed by atoms with Crippen LogP contribution in [-0.2, 0) is 0 Å². The van der Waals surface area contributed by atoms with E-state index >= 15 is 0 Å². The van der Waals surface area contributed by atoms with Crippen LogP contribution in [0, 0.1) is 3.57 Å². The molecule has 3 atom stereocenters. The molecule has 3 heteroatoms. The second-order valence-corrected chi connectivity index (χ2v) is 6.05. The molecule has 0 aliphatic carbocycles. The van der Waals surface area contributed by atoms with E-state index in [9.17, 15) is 0 Å². The summed E-state index contributed by atoms with van der Waals surface area (Å²) < 4.78 is 7.31. The summed E-state index contributed by atoms with van der Waals surface area (Å²) in [6, 6.07) is 9.76. The lowest BCUT2D eigenvalue weighted by molar-refractivity contribution is 0.137. The lowest BCUT2D eigenvalue weighted by Crippen LogP contribution is -2.42. The fourth-order valence-electron chi connectivity index (χ4n) is 2.81. The summed E-state index contributed by atoms with van der Waals surface area (Å²) in [6.45, 7) is 0. The number of benzene rings is 1. The Hall–Kier alpha value is -0.290. The molecular formula is C13H16INO. The molecule has 0 spiro atoms. The normalized spacial score (nSPS) is 32.7. The molecule has 1 N–H and O–H groups in total. The number of fused-ring (bicyclic) bond motifs is 2. The quantitative estimate of drug-likeness (QED) is 0.843. The molecule has 1 unspecified atom stereocenters. The highest BCUT2D eigenvalue weighted by Gasteiger charge is 2.34. The van der Waals surface area contributed by atoms with Crippen LogP contribution in [0.2, 0.25) is 0 Å². The molecule has 16 heavy (non-hydrogen) atoms. The summed E-state index contributed by atoms with van der Waals surface area (Å²) >= 11 is 2.32. The number of piperidine rings is 1. The van der Waals surface area contributed by atoms with Gasteiger partial charge in [0.15, 0.2) is 0 Å². The van der Waals surface area contributed by atoms with Gasteiger partial charge in [0.25, 0.3) is 0 Å². The van der Waals surface area contributed by atoms with Gasteiger partial charge in [-0.3, -0.25) is 0 Å². The Balaban J connectivity index is 1.64. The van der Waals surface area contributed by atoms with Gasteiger partial charge in [-0.2, -0.15) is 0 Å². The molecule has 1 aromatic rings. The van der Waals surface area contributed by atoms with Crippen molar-refractivity contribution in [2.45, 2.75) is 43.9 Å². The van der Waals surface area contributed by atoms with Gasteiger partial charge >= 0.3 is 0 Å². The van der Waals surface area contributed by atoms with Crippen molar-refractivity contribution in [3.63, 3.8) is 0 Å². The molecule has 2 aliphatic heterocycles. The van der Waals surface area contributed by atoms with E-state index in [4.69, 9.17) is 4.74 Å². The molecule has 1 aromatic carbocycles. The third-order valence-electron chi connectivity index (χ3n) is 3.55. The lowest BCUT2D eigenvalue weighted by Gasteiger charge is -2.29. The number of hydrogen-bond acceptors (Lipinski definition) is 2. The number of nitrogens with one attached hydrogen (secondary N) is 1. The standard InChI is InChI=1S/C13H16INO/c14-9-1-5-12(6-2-9)16-13-7-10-3-4-11(8-13)15-10/h1-2,5-6,10-11,13,15H,3-4,7-8H2/t10-,11+,13?. The SMILES string of the molecule is Ic1ccc(OC2C[C@H]3CC[C@@H](C2)N3)cc1. The second kappa shape index (κ2) is 4.53. The fourth-order valence-corrected chi connectivity index (χ4v) is 3.17. The van der Waals surface area contributed by atoms with Crippen molar-refractivity contribution < 1.29 is 4.74 Å². The van der Waals surface area contributed by atoms with Crippen molar-refractivity contribution in [2.24, 2.45) is 0 Å². The highest BCUT2D eigenvalue weighted by Crippen LogP contribution is 2.29. The third kappa shape index (κ3) is 2.35. The average Bonchev–Trinajstić information content (AvgIpc) is 2.62. The predicted octanol–water partition coefficient (Wildman–Crippen LogP) is 2.95. The first kappa shape index (κ1) is 10.8. The summed E-state index contributed by atoms with van der Waals surface area (Å²) in [7, 11) is 0. The van der Waals surface area contributed by atoms with E-state index in [0.29, 0.717) is 18.2 Å². The number of ether oxygens (including phenoxy) is 1. The molecule has 0 saturated carbocycles. The predicted molar refractivity (Wildman–Crippen MR) is 72.8 cm³/mol. The Kier molecular flexibility index (Phi) is 3.07. The Labute approximate surface area is 110 Å². The van der Waals surface area contributed by atoms with E-state index in [-0.39, 0.29) is 0 Å². The zero-order chi connectivity index (χ0) is 11.0. The largest absolute Gasteiger partial charge is 0.490 e. The molecule has 0 radical (unpaired) electrons. The van der Waals surface area contributed by atoms with E-state index in [2.05, 4.69) is 52.2 Å². The summed E-state index contributed by atoms with van der Waals surface area (Å²) in [5.41, 5.74) is 0. The third-order valence-corrected chi connectivity index (χ3v) is 4.27. The zero-order valence-corrected chi connectivity index (χ0v) is 11.3. The molecule has 2 heterocycles. The molecule has 2 nitrogen and oxygen atoms in total. The van der Waals surface area contributed by atoms with Gasteiger partial charge < -0.3 is 10.1 Å². The molecule has 2 fully saturated rings. The maximum atomic E-state index is 6.05.